The number of hydrogen-bond donors (Lipinski definition) is 2. The van der Waals surface area contributed by atoms with E-state index in [4.69, 9.17) is 0 Å². The Labute approximate surface area is 146 Å². The van der Waals surface area contributed by atoms with Crippen molar-refractivity contribution >= 4 is 6.03 Å². The summed E-state index contributed by atoms with van der Waals surface area (Å²) in [5, 5.41) is 12.3. The molecule has 24 heavy (non-hydrogen) atoms. The average molecular weight is 332 g/mol. The minimum absolute atomic E-state index is 0.00244. The molecule has 2 N–H and O–H groups in total. The molecular formula is C20H32N2O2. The highest BCUT2D eigenvalue weighted by Gasteiger charge is 2.27. The summed E-state index contributed by atoms with van der Waals surface area (Å²) in [5.41, 5.74) is 2.38. The topological polar surface area (TPSA) is 52.6 Å². The van der Waals surface area contributed by atoms with Gasteiger partial charge in [-0.15, -0.1) is 0 Å². The molecule has 1 aromatic rings. The average Bonchev–Trinajstić information content (AvgIpc) is 2.59. The van der Waals surface area contributed by atoms with Crippen LogP contribution in [0.2, 0.25) is 0 Å². The standard InChI is InChI=1S/C20H32N2O2/c1-15-5-9-17(10-6-15)20(2,3)14-21-19(24)22(4)18-11-7-16(13-23)8-12-18/h5-6,9-10,16,18,23H,7-8,11-14H2,1-4H3,(H,21,24). The Balaban J connectivity index is 1.86. The second-order valence-electron chi connectivity index (χ2n) is 7.88. The van der Waals surface area contributed by atoms with E-state index in [0.29, 0.717) is 12.5 Å². The highest BCUT2D eigenvalue weighted by Crippen LogP contribution is 2.27. The molecule has 0 radical (unpaired) electrons. The van der Waals surface area contributed by atoms with Gasteiger partial charge in [-0.05, 0) is 44.1 Å². The number of amides is 2. The fourth-order valence-electron chi connectivity index (χ4n) is 3.41. The van der Waals surface area contributed by atoms with Crippen LogP contribution in [0, 0.1) is 12.8 Å². The highest BCUT2D eigenvalue weighted by atomic mass is 16.3. The summed E-state index contributed by atoms with van der Waals surface area (Å²) in [6.07, 6.45) is 3.98. The van der Waals surface area contributed by atoms with Crippen molar-refractivity contribution in [2.45, 2.75) is 57.9 Å². The summed E-state index contributed by atoms with van der Waals surface area (Å²) in [5.74, 6) is 0.415. The number of hydrogen-bond acceptors (Lipinski definition) is 2. The first-order valence-electron chi connectivity index (χ1n) is 9.02. The lowest BCUT2D eigenvalue weighted by atomic mass is 9.84. The van der Waals surface area contributed by atoms with E-state index in [9.17, 15) is 9.90 Å². The van der Waals surface area contributed by atoms with Gasteiger partial charge in [-0.2, -0.15) is 0 Å². The SMILES string of the molecule is Cc1ccc(C(C)(C)CNC(=O)N(C)C2CCC(CO)CC2)cc1. The van der Waals surface area contributed by atoms with Gasteiger partial charge in [0.1, 0.15) is 0 Å². The number of carbonyl (C=O) groups excluding carboxylic acids is 1. The summed E-state index contributed by atoms with van der Waals surface area (Å²) < 4.78 is 0. The first-order valence-corrected chi connectivity index (χ1v) is 9.02. The largest absolute Gasteiger partial charge is 0.396 e. The summed E-state index contributed by atoms with van der Waals surface area (Å²) in [7, 11) is 1.89. The maximum absolute atomic E-state index is 12.5. The van der Waals surface area contributed by atoms with Crippen molar-refractivity contribution in [3.63, 3.8) is 0 Å². The third-order valence-corrected chi connectivity index (χ3v) is 5.46. The molecule has 1 fully saturated rings. The number of nitrogens with zero attached hydrogens (tertiary/aromatic N) is 1. The molecular weight excluding hydrogens is 300 g/mol. The summed E-state index contributed by atoms with van der Waals surface area (Å²) in [4.78, 5) is 14.3. The number of aryl methyl sites for hydroxylation is 1. The molecule has 1 aliphatic rings. The van der Waals surface area contributed by atoms with E-state index in [2.05, 4.69) is 50.4 Å². The van der Waals surface area contributed by atoms with Crippen LogP contribution in [0.3, 0.4) is 0 Å². The van der Waals surface area contributed by atoms with Crippen LogP contribution in [-0.4, -0.2) is 42.3 Å². The van der Waals surface area contributed by atoms with Gasteiger partial charge in [0.2, 0.25) is 0 Å². The number of benzene rings is 1. The highest BCUT2D eigenvalue weighted by molar-refractivity contribution is 5.74. The molecule has 0 aliphatic heterocycles. The van der Waals surface area contributed by atoms with E-state index < -0.39 is 0 Å². The van der Waals surface area contributed by atoms with Crippen molar-refractivity contribution in [3.05, 3.63) is 35.4 Å². The Morgan fingerprint density at radius 3 is 2.33 bits per heavy atom. The zero-order chi connectivity index (χ0) is 17.7. The number of carbonyl (C=O) groups is 1. The minimum Gasteiger partial charge on any atom is -0.396 e. The molecule has 1 aromatic carbocycles. The van der Waals surface area contributed by atoms with Gasteiger partial charge in [-0.3, -0.25) is 0 Å². The molecule has 0 saturated heterocycles. The predicted octanol–water partition coefficient (Wildman–Crippen LogP) is 3.47. The minimum atomic E-state index is -0.0985. The Morgan fingerprint density at radius 1 is 1.21 bits per heavy atom. The van der Waals surface area contributed by atoms with Crippen molar-refractivity contribution in [2.75, 3.05) is 20.2 Å². The van der Waals surface area contributed by atoms with Crippen molar-refractivity contribution in [1.82, 2.24) is 10.2 Å². The van der Waals surface area contributed by atoms with Crippen molar-refractivity contribution < 1.29 is 9.90 Å². The zero-order valence-corrected chi connectivity index (χ0v) is 15.5. The lowest BCUT2D eigenvalue weighted by Crippen LogP contribution is -2.48. The van der Waals surface area contributed by atoms with E-state index in [0.717, 1.165) is 25.7 Å². The first kappa shape index (κ1) is 18.8. The van der Waals surface area contributed by atoms with E-state index in [1.54, 1.807) is 0 Å². The van der Waals surface area contributed by atoms with Gasteiger partial charge < -0.3 is 15.3 Å². The number of urea groups is 1. The summed E-state index contributed by atoms with van der Waals surface area (Å²) >= 11 is 0. The van der Waals surface area contributed by atoms with Crippen LogP contribution in [0.1, 0.15) is 50.7 Å². The van der Waals surface area contributed by atoms with Gasteiger partial charge >= 0.3 is 6.03 Å². The Bertz CT molecular complexity index is 531. The second-order valence-corrected chi connectivity index (χ2v) is 7.88. The monoisotopic (exact) mass is 332 g/mol. The summed E-state index contributed by atoms with van der Waals surface area (Å²) in [6, 6.07) is 8.80. The molecule has 0 unspecified atom stereocenters. The Morgan fingerprint density at radius 2 is 1.79 bits per heavy atom. The van der Waals surface area contributed by atoms with Crippen LogP contribution in [0.15, 0.2) is 24.3 Å². The molecule has 0 heterocycles. The molecule has 134 valence electrons. The normalized spacial score (nSPS) is 21.4. The fourth-order valence-corrected chi connectivity index (χ4v) is 3.41. The lowest BCUT2D eigenvalue weighted by molar-refractivity contribution is 0.133. The van der Waals surface area contributed by atoms with Crippen LogP contribution >= 0.6 is 0 Å². The molecule has 2 amide bonds. The molecule has 1 aliphatic carbocycles. The predicted molar refractivity (Wildman–Crippen MR) is 98.2 cm³/mol. The third kappa shape index (κ3) is 4.73. The smallest absolute Gasteiger partial charge is 0.317 e. The quantitative estimate of drug-likeness (QED) is 0.867. The number of rotatable bonds is 5. The Hall–Kier alpha value is -1.55. The van der Waals surface area contributed by atoms with Crippen LogP contribution in [0.25, 0.3) is 0 Å². The number of nitrogens with one attached hydrogen (secondary N) is 1. The molecule has 0 aromatic heterocycles. The Kier molecular flexibility index (Phi) is 6.27. The zero-order valence-electron chi connectivity index (χ0n) is 15.5. The van der Waals surface area contributed by atoms with E-state index in [1.807, 2.05) is 11.9 Å². The van der Waals surface area contributed by atoms with Gasteiger partial charge in [0.15, 0.2) is 0 Å². The van der Waals surface area contributed by atoms with Crippen molar-refractivity contribution in [1.29, 1.82) is 0 Å². The van der Waals surface area contributed by atoms with E-state index >= 15 is 0 Å². The number of aliphatic hydroxyl groups excluding tert-OH is 1. The third-order valence-electron chi connectivity index (χ3n) is 5.46. The van der Waals surface area contributed by atoms with E-state index in [1.165, 1.54) is 11.1 Å². The van der Waals surface area contributed by atoms with Gasteiger partial charge in [0.05, 0.1) is 0 Å². The fraction of sp³-hybridized carbons (Fsp3) is 0.650. The molecule has 1 saturated carbocycles. The van der Waals surface area contributed by atoms with Crippen molar-refractivity contribution in [3.8, 4) is 0 Å². The molecule has 4 heteroatoms. The van der Waals surface area contributed by atoms with Crippen LogP contribution in [0.4, 0.5) is 4.79 Å². The second kappa shape index (κ2) is 8.02. The summed E-state index contributed by atoms with van der Waals surface area (Å²) in [6.45, 7) is 7.28. The van der Waals surface area contributed by atoms with Gasteiger partial charge in [0, 0.05) is 31.7 Å². The van der Waals surface area contributed by atoms with Gasteiger partial charge in [0.25, 0.3) is 0 Å². The van der Waals surface area contributed by atoms with Crippen LogP contribution < -0.4 is 5.32 Å². The number of aliphatic hydroxyl groups is 1. The van der Waals surface area contributed by atoms with Crippen LogP contribution in [-0.2, 0) is 5.41 Å². The maximum Gasteiger partial charge on any atom is 0.317 e. The first-order chi connectivity index (χ1) is 11.3. The van der Waals surface area contributed by atoms with Gasteiger partial charge in [-0.1, -0.05) is 43.7 Å². The molecule has 4 nitrogen and oxygen atoms in total. The molecule has 2 rings (SSSR count). The molecule has 0 atom stereocenters. The van der Waals surface area contributed by atoms with Gasteiger partial charge in [-0.25, -0.2) is 4.79 Å². The van der Waals surface area contributed by atoms with Crippen LogP contribution in [0.5, 0.6) is 0 Å². The lowest BCUT2D eigenvalue weighted by Gasteiger charge is -2.35. The molecule has 0 bridgehead atoms. The molecule has 0 spiro atoms. The van der Waals surface area contributed by atoms with E-state index in [-0.39, 0.29) is 24.1 Å². The maximum atomic E-state index is 12.5. The van der Waals surface area contributed by atoms with Crippen molar-refractivity contribution in [2.24, 2.45) is 5.92 Å².